The first-order chi connectivity index (χ1) is 15.3. The van der Waals surface area contributed by atoms with Crippen LogP contribution in [0.5, 0.6) is 0 Å². The number of hydrogen-bond acceptors (Lipinski definition) is 9. The number of hydrogen-bond donors (Lipinski definition) is 7. The molecule has 2 saturated heterocycles. The maximum absolute atomic E-state index is 14.8. The van der Waals surface area contributed by atoms with E-state index in [4.69, 9.17) is 25.2 Å². The fraction of sp³-hybridized carbons (Fsp3) is 0.900. The van der Waals surface area contributed by atoms with Gasteiger partial charge >= 0.3 is 0 Å². The summed E-state index contributed by atoms with van der Waals surface area (Å²) in [4.78, 5) is 0. The molecule has 0 aromatic carbocycles. The minimum Gasteiger partial charge on any atom is -0.374 e. The van der Waals surface area contributed by atoms with Gasteiger partial charge in [0.25, 0.3) is 0 Å². The third kappa shape index (κ3) is 6.11. The normalized spacial score (nSPS) is 41.0. The van der Waals surface area contributed by atoms with E-state index in [1.165, 1.54) is 5.57 Å². The zero-order valence-electron chi connectivity index (χ0n) is 18.3. The molecule has 8 atom stereocenters. The molecule has 3 fully saturated rings. The summed E-state index contributed by atoms with van der Waals surface area (Å²) in [6, 6.07) is -0.491. The van der Waals surface area contributed by atoms with Crippen LogP contribution in [0.25, 0.3) is 0 Å². The summed E-state index contributed by atoms with van der Waals surface area (Å²) in [5.74, 6) is 0.270. The van der Waals surface area contributed by atoms with Crippen LogP contribution < -0.4 is 26.6 Å². The fourth-order valence-corrected chi connectivity index (χ4v) is 5.28. The van der Waals surface area contributed by atoms with Gasteiger partial charge in [0.2, 0.25) is 0 Å². The van der Waals surface area contributed by atoms with Crippen molar-refractivity contribution in [2.45, 2.75) is 80.6 Å². The Balaban J connectivity index is 1.41. The molecule has 0 aromatic rings. The van der Waals surface area contributed by atoms with Gasteiger partial charge in [-0.2, -0.15) is 0 Å². The lowest BCUT2D eigenvalue weighted by Crippen LogP contribution is -2.74. The molecule has 176 valence electrons. The van der Waals surface area contributed by atoms with Crippen LogP contribution in [0.2, 0.25) is 6.32 Å². The average Bonchev–Trinajstić information content (AvgIpc) is 3.05. The largest absolute Gasteiger partial charge is 0.374 e. The van der Waals surface area contributed by atoms with Crippen LogP contribution in [-0.2, 0) is 9.47 Å². The van der Waals surface area contributed by atoms with Gasteiger partial charge in [0.05, 0.1) is 26.2 Å². The second-order valence-corrected chi connectivity index (χ2v) is 9.27. The molecular weight excluding hydrogens is 415 g/mol. The molecule has 8 unspecified atom stereocenters. The first-order valence-corrected chi connectivity index (χ1v) is 11.6. The summed E-state index contributed by atoms with van der Waals surface area (Å²) in [7, 11) is 11.0. The van der Waals surface area contributed by atoms with Crippen LogP contribution >= 0.6 is 0 Å². The van der Waals surface area contributed by atoms with Crippen molar-refractivity contribution in [1.29, 1.82) is 0 Å². The fourth-order valence-electron chi connectivity index (χ4n) is 5.28. The van der Waals surface area contributed by atoms with E-state index >= 15 is 0 Å². The maximum Gasteiger partial charge on any atom is 0.155 e. The molecule has 12 heteroatoms. The molecular formula is C20H34B2FN5O4. The van der Waals surface area contributed by atoms with Crippen molar-refractivity contribution in [2.75, 3.05) is 26.4 Å². The topological polar surface area (TPSA) is 119 Å². The molecule has 0 bridgehead atoms. The van der Waals surface area contributed by atoms with Gasteiger partial charge in [-0.15, -0.1) is 0 Å². The van der Waals surface area contributed by atoms with E-state index in [2.05, 4.69) is 32.7 Å². The predicted octanol–water partition coefficient (Wildman–Crippen LogP) is -2.10. The van der Waals surface area contributed by atoms with Crippen molar-refractivity contribution in [3.63, 3.8) is 0 Å². The molecule has 3 aliphatic heterocycles. The lowest BCUT2D eigenvalue weighted by molar-refractivity contribution is -0.0870. The van der Waals surface area contributed by atoms with E-state index < -0.39 is 36.9 Å². The highest BCUT2D eigenvalue weighted by molar-refractivity contribution is 6.13. The van der Waals surface area contributed by atoms with Crippen molar-refractivity contribution in [2.24, 2.45) is 5.92 Å². The number of fused-ring (bicyclic) bond motifs is 1. The van der Waals surface area contributed by atoms with Crippen LogP contribution in [0, 0.1) is 5.92 Å². The Hall–Kier alpha value is -0.560. The number of nitrogens with one attached hydrogen (secondary N) is 5. The molecule has 0 spiro atoms. The van der Waals surface area contributed by atoms with Crippen molar-refractivity contribution in [3.05, 3.63) is 11.6 Å². The second-order valence-electron chi connectivity index (χ2n) is 9.27. The Morgan fingerprint density at radius 3 is 2.88 bits per heavy atom. The van der Waals surface area contributed by atoms with E-state index in [9.17, 15) is 14.6 Å². The highest BCUT2D eigenvalue weighted by Gasteiger charge is 2.45. The van der Waals surface area contributed by atoms with Gasteiger partial charge in [0.15, 0.2) is 7.85 Å². The predicted molar refractivity (Wildman–Crippen MR) is 118 cm³/mol. The van der Waals surface area contributed by atoms with Crippen LogP contribution in [0.3, 0.4) is 0 Å². The average molecular weight is 449 g/mol. The molecule has 4 aliphatic rings. The smallest absolute Gasteiger partial charge is 0.155 e. The van der Waals surface area contributed by atoms with Crippen LogP contribution in [0.15, 0.2) is 11.6 Å². The quantitative estimate of drug-likeness (QED) is 0.133. The Bertz CT molecular complexity index is 658. The van der Waals surface area contributed by atoms with Crippen LogP contribution in [0.1, 0.15) is 25.7 Å². The Morgan fingerprint density at radius 1 is 1.25 bits per heavy atom. The third-order valence-corrected chi connectivity index (χ3v) is 6.83. The number of aliphatic hydroxyl groups is 2. The maximum atomic E-state index is 14.8. The van der Waals surface area contributed by atoms with Crippen LogP contribution in [0.4, 0.5) is 4.39 Å². The van der Waals surface area contributed by atoms with Crippen molar-refractivity contribution in [3.8, 4) is 0 Å². The second kappa shape index (κ2) is 10.8. The van der Waals surface area contributed by atoms with Crippen LogP contribution in [-0.4, -0.2) is 101 Å². The summed E-state index contributed by atoms with van der Waals surface area (Å²) >= 11 is 0. The molecule has 4 radical (unpaired) electrons. The molecule has 4 rings (SSSR count). The molecule has 3 heterocycles. The summed E-state index contributed by atoms with van der Waals surface area (Å²) in [5, 5.41) is 34.7. The lowest BCUT2D eigenvalue weighted by atomic mass is 9.76. The van der Waals surface area contributed by atoms with E-state index in [0.29, 0.717) is 6.79 Å². The van der Waals surface area contributed by atoms with Gasteiger partial charge in [-0.3, -0.25) is 21.3 Å². The number of halogens is 1. The highest BCUT2D eigenvalue weighted by atomic mass is 19.1. The van der Waals surface area contributed by atoms with Gasteiger partial charge in [-0.1, -0.05) is 18.0 Å². The third-order valence-electron chi connectivity index (χ3n) is 6.83. The first kappa shape index (κ1) is 24.6. The summed E-state index contributed by atoms with van der Waals surface area (Å²) in [6.07, 6.45) is 3.65. The van der Waals surface area contributed by atoms with Gasteiger partial charge in [0, 0.05) is 31.1 Å². The lowest BCUT2D eigenvalue weighted by Gasteiger charge is -2.44. The van der Waals surface area contributed by atoms with Crippen molar-refractivity contribution in [1.82, 2.24) is 26.6 Å². The molecule has 1 aliphatic carbocycles. The Labute approximate surface area is 191 Å². The number of rotatable bonds is 7. The summed E-state index contributed by atoms with van der Waals surface area (Å²) < 4.78 is 26.6. The first-order valence-electron chi connectivity index (χ1n) is 11.6. The Morgan fingerprint density at radius 2 is 2.09 bits per heavy atom. The van der Waals surface area contributed by atoms with Gasteiger partial charge in [0.1, 0.15) is 24.9 Å². The highest BCUT2D eigenvalue weighted by Crippen LogP contribution is 2.39. The number of alkyl halides is 1. The molecule has 0 amide bonds. The SMILES string of the molecule is [B]CC1NC(NC2CC3OCOC3C(C3=CCNCCC3)C2)NC(NCC([B])(O)O)C1F. The minimum absolute atomic E-state index is 0.0155. The molecule has 9 nitrogen and oxygen atoms in total. The molecule has 0 aromatic heterocycles. The minimum atomic E-state index is -2.43. The monoisotopic (exact) mass is 449 g/mol. The summed E-state index contributed by atoms with van der Waals surface area (Å²) in [6.45, 7) is 1.81. The van der Waals surface area contributed by atoms with E-state index in [1.807, 2.05) is 0 Å². The van der Waals surface area contributed by atoms with E-state index in [0.717, 1.165) is 38.8 Å². The summed E-state index contributed by atoms with van der Waals surface area (Å²) in [5.41, 5.74) is -1.01. The zero-order chi connectivity index (χ0) is 22.7. The Kier molecular flexibility index (Phi) is 8.28. The zero-order valence-corrected chi connectivity index (χ0v) is 18.3. The van der Waals surface area contributed by atoms with Crippen molar-refractivity contribution < 1.29 is 24.1 Å². The van der Waals surface area contributed by atoms with E-state index in [-0.39, 0.29) is 30.5 Å². The van der Waals surface area contributed by atoms with Gasteiger partial charge in [-0.05, 0) is 32.2 Å². The van der Waals surface area contributed by atoms with E-state index in [1.54, 1.807) is 0 Å². The number of ether oxygens (including phenoxy) is 2. The molecule has 1 saturated carbocycles. The standard InChI is InChI=1S/C20H34B2FN5O4/c21-8-14-16(23)18(25-9-20(22,29)30)28-19(27-14)26-12-6-13(11-2-1-4-24-5-3-11)17-15(7-12)31-10-32-17/h3,12-19,24-30H,1-2,4-10H2. The van der Waals surface area contributed by atoms with Crippen molar-refractivity contribution >= 4 is 15.7 Å². The van der Waals surface area contributed by atoms with Gasteiger partial charge in [-0.25, -0.2) is 4.39 Å². The molecule has 32 heavy (non-hydrogen) atoms. The molecule has 7 N–H and O–H groups in total. The van der Waals surface area contributed by atoms with Gasteiger partial charge < -0.3 is 25.0 Å².